The van der Waals surface area contributed by atoms with Gasteiger partial charge in [0.05, 0.1) is 10.5 Å². The summed E-state index contributed by atoms with van der Waals surface area (Å²) in [5.74, 6) is -0.531. The number of anilines is 1. The van der Waals surface area contributed by atoms with Gasteiger partial charge in [0.1, 0.15) is 5.25 Å². The number of hydrogen-bond donors (Lipinski definition) is 3. The van der Waals surface area contributed by atoms with Crippen LogP contribution in [0.2, 0.25) is 0 Å². The number of nitrogens with two attached hydrogens (primary N) is 1. The molecule has 1 fully saturated rings. The van der Waals surface area contributed by atoms with Crippen molar-refractivity contribution >= 4 is 96.5 Å². The molecule has 49 heavy (non-hydrogen) atoms. The van der Waals surface area contributed by atoms with E-state index in [1.807, 2.05) is 0 Å². The van der Waals surface area contributed by atoms with Crippen molar-refractivity contribution in [3.8, 4) is 0 Å². The number of amides is 2. The van der Waals surface area contributed by atoms with Crippen LogP contribution < -0.4 is 11.1 Å². The summed E-state index contributed by atoms with van der Waals surface area (Å²) in [7, 11) is -4.37. The molecule has 0 saturated heterocycles. The van der Waals surface area contributed by atoms with Crippen LogP contribution in [0.15, 0.2) is 58.3 Å². The molecule has 4 N–H and O–H groups in total. The van der Waals surface area contributed by atoms with E-state index in [-0.39, 0.29) is 73.3 Å². The Morgan fingerprint density at radius 3 is 1.78 bits per heavy atom. The van der Waals surface area contributed by atoms with Crippen molar-refractivity contribution < 1.29 is 27.4 Å². The third-order valence-corrected chi connectivity index (χ3v) is 10.6. The zero-order valence-corrected chi connectivity index (χ0v) is 31.1. The second-order valence-corrected chi connectivity index (χ2v) is 16.5. The van der Waals surface area contributed by atoms with E-state index >= 15 is 0 Å². The van der Waals surface area contributed by atoms with E-state index in [9.17, 15) is 22.8 Å². The standard InChI is InChI=1S/C20H22N2O6S2.C18H36.K.H/c1-20(2,3)17(23)16(29-15-7-5-4-6-14(15)18(21)24)19(25)22-12-8-10-13(11-9-12)30(26,27)28;1-2-3-4-5-6-7-8-9-10-11-12-13-14-15-18-16-17-18;;/h4-11,16H,1-3H3,(H2,21,24)(H,22,25)(H,26,27,28);18H,2-17H2,1H3;;. The number of hydrogen-bond acceptors (Lipinski definition) is 6. The second-order valence-electron chi connectivity index (χ2n) is 13.9. The van der Waals surface area contributed by atoms with E-state index in [2.05, 4.69) is 12.2 Å². The summed E-state index contributed by atoms with van der Waals surface area (Å²) >= 11 is 0.915. The van der Waals surface area contributed by atoms with Crippen LogP contribution in [0.4, 0.5) is 5.69 Å². The molecule has 0 bridgehead atoms. The van der Waals surface area contributed by atoms with E-state index < -0.39 is 32.6 Å². The Morgan fingerprint density at radius 2 is 1.33 bits per heavy atom. The summed E-state index contributed by atoms with van der Waals surface area (Å²) < 4.78 is 31.3. The molecule has 1 aliphatic carbocycles. The van der Waals surface area contributed by atoms with Gasteiger partial charge in [0, 0.05) is 16.0 Å². The van der Waals surface area contributed by atoms with Gasteiger partial charge in [-0.05, 0) is 42.3 Å². The Bertz CT molecular complexity index is 1390. The van der Waals surface area contributed by atoms with E-state index in [0.717, 1.165) is 29.8 Å². The average Bonchev–Trinajstić information content (AvgIpc) is 3.86. The second kappa shape index (κ2) is 24.2. The number of nitrogens with one attached hydrogen (secondary N) is 1. The van der Waals surface area contributed by atoms with Gasteiger partial charge in [-0.2, -0.15) is 8.42 Å². The Balaban J connectivity index is 0.000000542. The van der Waals surface area contributed by atoms with Crippen molar-refractivity contribution in [1.82, 2.24) is 0 Å². The Morgan fingerprint density at radius 1 is 0.837 bits per heavy atom. The molecule has 0 aliphatic heterocycles. The Kier molecular flexibility index (Phi) is 22.7. The predicted molar refractivity (Wildman–Crippen MR) is 204 cm³/mol. The maximum absolute atomic E-state index is 13.0. The van der Waals surface area contributed by atoms with Crippen molar-refractivity contribution in [2.75, 3.05) is 5.32 Å². The van der Waals surface area contributed by atoms with Gasteiger partial charge >= 0.3 is 51.4 Å². The number of carbonyl (C=O) groups is 3. The summed E-state index contributed by atoms with van der Waals surface area (Å²) in [6.45, 7) is 7.33. The van der Waals surface area contributed by atoms with Gasteiger partial charge in [-0.15, -0.1) is 11.8 Å². The molecule has 1 atom stereocenters. The molecule has 1 aliphatic rings. The van der Waals surface area contributed by atoms with Crippen LogP contribution in [0, 0.1) is 11.3 Å². The van der Waals surface area contributed by atoms with Crippen LogP contribution in [0.3, 0.4) is 0 Å². The normalized spacial score (nSPS) is 13.4. The number of unbranched alkanes of at least 4 members (excludes halogenated alkanes) is 12. The number of ketones is 1. The van der Waals surface area contributed by atoms with Gasteiger partial charge in [0.15, 0.2) is 5.78 Å². The van der Waals surface area contributed by atoms with Crippen molar-refractivity contribution in [1.29, 1.82) is 0 Å². The molecule has 1 saturated carbocycles. The molecule has 0 radical (unpaired) electrons. The minimum absolute atomic E-state index is 0. The van der Waals surface area contributed by atoms with Gasteiger partial charge in [-0.3, -0.25) is 18.9 Å². The quantitative estimate of drug-likeness (QED) is 0.0381. The summed E-state index contributed by atoms with van der Waals surface area (Å²) in [4.78, 5) is 37.7. The third kappa shape index (κ3) is 19.4. The summed E-state index contributed by atoms with van der Waals surface area (Å²) in [6, 6.07) is 11.2. The summed E-state index contributed by atoms with van der Waals surface area (Å²) in [6.07, 6.45) is 23.9. The van der Waals surface area contributed by atoms with E-state index in [1.165, 1.54) is 121 Å². The first-order valence-corrected chi connectivity index (χ1v) is 20.0. The fourth-order valence-electron chi connectivity index (χ4n) is 5.29. The molecule has 8 nitrogen and oxygen atoms in total. The van der Waals surface area contributed by atoms with Gasteiger partial charge in [0.25, 0.3) is 10.1 Å². The number of carbonyl (C=O) groups excluding carboxylic acids is 3. The first-order chi connectivity index (χ1) is 22.7. The molecule has 0 spiro atoms. The monoisotopic (exact) mass is 742 g/mol. The molecule has 2 aromatic rings. The fraction of sp³-hybridized carbons (Fsp3) is 0.605. The van der Waals surface area contributed by atoms with Crippen molar-refractivity contribution in [2.45, 2.75) is 145 Å². The first kappa shape index (κ1) is 46.0. The Labute approximate surface area is 342 Å². The molecule has 3 rings (SSSR count). The van der Waals surface area contributed by atoms with Crippen LogP contribution in [-0.4, -0.2) is 87.2 Å². The topological polar surface area (TPSA) is 144 Å². The van der Waals surface area contributed by atoms with Crippen LogP contribution in [0.5, 0.6) is 0 Å². The molecular formula is C38H59KN2O6S2. The van der Waals surface area contributed by atoms with Crippen LogP contribution in [-0.2, 0) is 19.7 Å². The first-order valence-electron chi connectivity index (χ1n) is 17.7. The molecular weight excluding hydrogens is 684 g/mol. The van der Waals surface area contributed by atoms with Crippen LogP contribution >= 0.6 is 11.8 Å². The molecule has 2 amide bonds. The van der Waals surface area contributed by atoms with Gasteiger partial charge in [0.2, 0.25) is 11.8 Å². The predicted octanol–water partition coefficient (Wildman–Crippen LogP) is 8.98. The molecule has 11 heteroatoms. The zero-order valence-electron chi connectivity index (χ0n) is 29.5. The zero-order chi connectivity index (χ0) is 35.6. The molecule has 0 heterocycles. The van der Waals surface area contributed by atoms with Crippen molar-refractivity contribution in [3.63, 3.8) is 0 Å². The number of Topliss-reactive ketones (excluding diaryl/α,β-unsaturated/α-hetero) is 1. The van der Waals surface area contributed by atoms with Gasteiger partial charge in [-0.1, -0.05) is 143 Å². The van der Waals surface area contributed by atoms with Crippen molar-refractivity contribution in [3.05, 3.63) is 54.1 Å². The number of primary amides is 1. The fourth-order valence-corrected chi connectivity index (χ4v) is 7.11. The summed E-state index contributed by atoms with van der Waals surface area (Å²) in [5, 5.41) is 1.38. The SMILES string of the molecule is CC(C)(C)C(=O)C(Sc1ccccc1C(N)=O)C(=O)Nc1ccc(S(=O)(=O)O)cc1.CCCCCCCCCCCCCCCC1CC1.[KH]. The average molecular weight is 743 g/mol. The van der Waals surface area contributed by atoms with E-state index in [1.54, 1.807) is 39.0 Å². The number of thioether (sulfide) groups is 1. The minimum atomic E-state index is -4.37. The van der Waals surface area contributed by atoms with Crippen LogP contribution in [0.25, 0.3) is 0 Å². The third-order valence-electron chi connectivity index (χ3n) is 8.45. The van der Waals surface area contributed by atoms with Gasteiger partial charge in [-0.25, -0.2) is 0 Å². The molecule has 0 aromatic heterocycles. The van der Waals surface area contributed by atoms with E-state index in [4.69, 9.17) is 10.3 Å². The van der Waals surface area contributed by atoms with Crippen molar-refractivity contribution in [2.24, 2.45) is 17.1 Å². The molecule has 270 valence electrons. The number of rotatable bonds is 21. The van der Waals surface area contributed by atoms with E-state index in [0.29, 0.717) is 4.90 Å². The maximum atomic E-state index is 13.0. The molecule has 1 unspecified atom stereocenters. The Hall–Kier alpha value is -1.05. The molecule has 2 aromatic carbocycles. The van der Waals surface area contributed by atoms with Gasteiger partial charge < -0.3 is 11.1 Å². The summed E-state index contributed by atoms with van der Waals surface area (Å²) in [5.41, 5.74) is 4.98. The number of benzene rings is 2. The van der Waals surface area contributed by atoms with Crippen LogP contribution in [0.1, 0.15) is 141 Å².